The first-order chi connectivity index (χ1) is 14.3. The highest BCUT2D eigenvalue weighted by molar-refractivity contribution is 5.94. The van der Waals surface area contributed by atoms with Crippen molar-refractivity contribution in [3.05, 3.63) is 126 Å². The molecule has 1 aromatic heterocycles. The second-order valence-corrected chi connectivity index (χ2v) is 7.03. The number of hydrogen-bond acceptors (Lipinski definition) is 2. The van der Waals surface area contributed by atoms with E-state index >= 15 is 0 Å². The van der Waals surface area contributed by atoms with Gasteiger partial charge in [-0.2, -0.15) is 5.10 Å². The molecule has 4 aromatic rings. The number of benzene rings is 3. The van der Waals surface area contributed by atoms with Crippen LogP contribution in [-0.4, -0.2) is 15.7 Å². The highest BCUT2D eigenvalue weighted by Crippen LogP contribution is 2.19. The number of carbonyl (C=O) groups excluding carboxylic acids is 1. The van der Waals surface area contributed by atoms with Gasteiger partial charge in [0, 0.05) is 18.0 Å². The predicted molar refractivity (Wildman–Crippen MR) is 115 cm³/mol. The van der Waals surface area contributed by atoms with Crippen LogP contribution in [0.2, 0.25) is 0 Å². The van der Waals surface area contributed by atoms with Gasteiger partial charge in [0.1, 0.15) is 0 Å². The third-order valence-electron chi connectivity index (χ3n) is 4.91. The van der Waals surface area contributed by atoms with Crippen molar-refractivity contribution in [2.45, 2.75) is 19.0 Å². The van der Waals surface area contributed by atoms with Crippen molar-refractivity contribution in [1.29, 1.82) is 0 Å². The first kappa shape index (κ1) is 18.7. The summed E-state index contributed by atoms with van der Waals surface area (Å²) >= 11 is 0. The molecule has 0 aliphatic rings. The Bertz CT molecular complexity index is 1030. The van der Waals surface area contributed by atoms with Crippen LogP contribution in [0.5, 0.6) is 0 Å². The smallest absolute Gasteiger partial charge is 0.251 e. The summed E-state index contributed by atoms with van der Waals surface area (Å²) in [5.74, 6) is -0.0691. The summed E-state index contributed by atoms with van der Waals surface area (Å²) < 4.78 is 1.86. The van der Waals surface area contributed by atoms with Crippen LogP contribution in [0, 0.1) is 0 Å². The van der Waals surface area contributed by atoms with Gasteiger partial charge in [0.25, 0.3) is 5.91 Å². The van der Waals surface area contributed by atoms with Crippen LogP contribution in [-0.2, 0) is 13.0 Å². The fourth-order valence-corrected chi connectivity index (χ4v) is 3.37. The molecule has 29 heavy (non-hydrogen) atoms. The standard InChI is InChI=1S/C25H23N3O/c29-25(23-14-12-21(13-15-23)19-28-17-7-16-26-28)27-24(22-10-5-2-6-11-22)18-20-8-3-1-4-9-20/h1-17,24H,18-19H2,(H,27,29). The first-order valence-electron chi connectivity index (χ1n) is 9.74. The third kappa shape index (κ3) is 4.99. The third-order valence-corrected chi connectivity index (χ3v) is 4.91. The number of rotatable bonds is 7. The van der Waals surface area contributed by atoms with Gasteiger partial charge in [-0.25, -0.2) is 0 Å². The van der Waals surface area contributed by atoms with Crippen molar-refractivity contribution in [2.24, 2.45) is 0 Å². The molecule has 0 bridgehead atoms. The quantitative estimate of drug-likeness (QED) is 0.507. The predicted octanol–water partition coefficient (Wildman–Crippen LogP) is 4.65. The van der Waals surface area contributed by atoms with E-state index in [1.165, 1.54) is 5.56 Å². The zero-order valence-corrected chi connectivity index (χ0v) is 16.1. The van der Waals surface area contributed by atoms with Crippen molar-refractivity contribution in [1.82, 2.24) is 15.1 Å². The van der Waals surface area contributed by atoms with E-state index in [9.17, 15) is 4.79 Å². The molecule has 4 heteroatoms. The Morgan fingerprint density at radius 1 is 0.828 bits per heavy atom. The van der Waals surface area contributed by atoms with Gasteiger partial charge in [-0.05, 0) is 41.3 Å². The molecule has 144 valence electrons. The second-order valence-electron chi connectivity index (χ2n) is 7.03. The molecule has 0 spiro atoms. The van der Waals surface area contributed by atoms with Crippen molar-refractivity contribution in [3.8, 4) is 0 Å². The molecule has 1 N–H and O–H groups in total. The van der Waals surface area contributed by atoms with Gasteiger partial charge >= 0.3 is 0 Å². The molecule has 0 radical (unpaired) electrons. The molecular weight excluding hydrogens is 358 g/mol. The van der Waals surface area contributed by atoms with Gasteiger partial charge in [0.05, 0.1) is 12.6 Å². The molecule has 0 aliphatic carbocycles. The number of nitrogens with zero attached hydrogens (tertiary/aromatic N) is 2. The SMILES string of the molecule is O=C(NC(Cc1ccccc1)c1ccccc1)c1ccc(Cn2cccn2)cc1. The van der Waals surface area contributed by atoms with E-state index in [2.05, 4.69) is 34.7 Å². The Morgan fingerprint density at radius 2 is 1.52 bits per heavy atom. The highest BCUT2D eigenvalue weighted by atomic mass is 16.1. The average Bonchev–Trinajstić information content (AvgIpc) is 3.28. The van der Waals surface area contributed by atoms with Gasteiger partial charge in [-0.15, -0.1) is 0 Å². The zero-order valence-electron chi connectivity index (χ0n) is 16.1. The van der Waals surface area contributed by atoms with Crippen LogP contribution < -0.4 is 5.32 Å². The van der Waals surface area contributed by atoms with Crippen LogP contribution in [0.4, 0.5) is 0 Å². The van der Waals surface area contributed by atoms with Crippen molar-refractivity contribution in [3.63, 3.8) is 0 Å². The van der Waals surface area contributed by atoms with Crippen LogP contribution in [0.25, 0.3) is 0 Å². The van der Waals surface area contributed by atoms with Gasteiger partial charge in [-0.3, -0.25) is 9.48 Å². The molecular formula is C25H23N3O. The van der Waals surface area contributed by atoms with Gasteiger partial charge in [0.15, 0.2) is 0 Å². The van der Waals surface area contributed by atoms with Crippen LogP contribution in [0.1, 0.15) is 33.1 Å². The molecule has 0 saturated heterocycles. The first-order valence-corrected chi connectivity index (χ1v) is 9.74. The number of aromatic nitrogens is 2. The topological polar surface area (TPSA) is 46.9 Å². The van der Waals surface area contributed by atoms with Crippen LogP contribution in [0.15, 0.2) is 103 Å². The maximum Gasteiger partial charge on any atom is 0.251 e. The van der Waals surface area contributed by atoms with Gasteiger partial charge in [0.2, 0.25) is 0 Å². The lowest BCUT2D eigenvalue weighted by Crippen LogP contribution is -2.30. The van der Waals surface area contributed by atoms with E-state index in [1.54, 1.807) is 6.20 Å². The molecule has 1 heterocycles. The maximum absolute atomic E-state index is 12.9. The fraction of sp³-hybridized carbons (Fsp3) is 0.120. The lowest BCUT2D eigenvalue weighted by atomic mass is 9.98. The number of carbonyl (C=O) groups is 1. The van der Waals surface area contributed by atoms with Gasteiger partial charge < -0.3 is 5.32 Å². The van der Waals surface area contributed by atoms with E-state index in [1.807, 2.05) is 77.6 Å². The van der Waals surface area contributed by atoms with Crippen molar-refractivity contribution in [2.75, 3.05) is 0 Å². The summed E-state index contributed by atoms with van der Waals surface area (Å²) in [6.07, 6.45) is 4.43. The van der Waals surface area contributed by atoms with E-state index < -0.39 is 0 Å². The summed E-state index contributed by atoms with van der Waals surface area (Å²) in [4.78, 5) is 12.9. The van der Waals surface area contributed by atoms with Crippen molar-refractivity contribution < 1.29 is 4.79 Å². The molecule has 0 aliphatic heterocycles. The minimum atomic E-state index is -0.0881. The molecule has 1 atom stereocenters. The summed E-state index contributed by atoms with van der Waals surface area (Å²) in [6.45, 7) is 0.690. The number of hydrogen-bond donors (Lipinski definition) is 1. The lowest BCUT2D eigenvalue weighted by molar-refractivity contribution is 0.0936. The van der Waals surface area contributed by atoms with E-state index in [0.29, 0.717) is 12.1 Å². The highest BCUT2D eigenvalue weighted by Gasteiger charge is 2.16. The number of amides is 1. The Balaban J connectivity index is 1.48. The zero-order chi connectivity index (χ0) is 19.9. The van der Waals surface area contributed by atoms with Crippen LogP contribution in [0.3, 0.4) is 0 Å². The molecule has 0 saturated carbocycles. The molecule has 0 fully saturated rings. The van der Waals surface area contributed by atoms with Crippen LogP contribution >= 0.6 is 0 Å². The lowest BCUT2D eigenvalue weighted by Gasteiger charge is -2.20. The molecule has 1 unspecified atom stereocenters. The molecule has 4 nitrogen and oxygen atoms in total. The molecule has 1 amide bonds. The Hall–Kier alpha value is -3.66. The summed E-state index contributed by atoms with van der Waals surface area (Å²) in [7, 11) is 0. The minimum absolute atomic E-state index is 0.0691. The summed E-state index contributed by atoms with van der Waals surface area (Å²) in [5, 5.41) is 7.43. The Labute approximate surface area is 170 Å². The number of nitrogens with one attached hydrogen (secondary N) is 1. The normalized spacial score (nSPS) is 11.7. The summed E-state index contributed by atoms with van der Waals surface area (Å²) in [5.41, 5.74) is 4.05. The fourth-order valence-electron chi connectivity index (χ4n) is 3.37. The Kier molecular flexibility index (Phi) is 5.81. The van der Waals surface area contributed by atoms with E-state index in [0.717, 1.165) is 17.5 Å². The van der Waals surface area contributed by atoms with Crippen molar-refractivity contribution >= 4 is 5.91 Å². The monoisotopic (exact) mass is 381 g/mol. The second kappa shape index (κ2) is 9.02. The summed E-state index contributed by atoms with van der Waals surface area (Å²) in [6, 6.07) is 29.9. The Morgan fingerprint density at radius 3 is 2.17 bits per heavy atom. The van der Waals surface area contributed by atoms with Gasteiger partial charge in [-0.1, -0.05) is 72.8 Å². The largest absolute Gasteiger partial charge is 0.345 e. The minimum Gasteiger partial charge on any atom is -0.345 e. The van der Waals surface area contributed by atoms with E-state index in [4.69, 9.17) is 0 Å². The van der Waals surface area contributed by atoms with E-state index in [-0.39, 0.29) is 11.9 Å². The maximum atomic E-state index is 12.9. The molecule has 3 aromatic carbocycles. The molecule has 4 rings (SSSR count). The average molecular weight is 381 g/mol.